The van der Waals surface area contributed by atoms with Crippen LogP contribution in [-0.4, -0.2) is 23.5 Å². The fourth-order valence-electron chi connectivity index (χ4n) is 1.96. The van der Waals surface area contributed by atoms with Crippen LogP contribution in [0.15, 0.2) is 35.8 Å². The van der Waals surface area contributed by atoms with Gasteiger partial charge < -0.3 is 10.6 Å². The Morgan fingerprint density at radius 2 is 2.24 bits per heavy atom. The lowest BCUT2D eigenvalue weighted by atomic mass is 10.2. The largest absolute Gasteiger partial charge is 0.326 e. The molecular formula is C16H21N3OS. The van der Waals surface area contributed by atoms with Gasteiger partial charge in [-0.2, -0.15) is 0 Å². The van der Waals surface area contributed by atoms with Crippen LogP contribution in [0.3, 0.4) is 0 Å². The van der Waals surface area contributed by atoms with Crippen LogP contribution in [0.4, 0.5) is 5.69 Å². The number of hydrogen-bond donors (Lipinski definition) is 2. The van der Waals surface area contributed by atoms with E-state index in [1.165, 1.54) is 0 Å². The van der Waals surface area contributed by atoms with Crippen LogP contribution in [0.2, 0.25) is 0 Å². The van der Waals surface area contributed by atoms with Gasteiger partial charge >= 0.3 is 0 Å². The zero-order valence-corrected chi connectivity index (χ0v) is 13.2. The highest BCUT2D eigenvalue weighted by Crippen LogP contribution is 2.24. The van der Waals surface area contributed by atoms with Gasteiger partial charge in [0.25, 0.3) is 0 Å². The normalized spacial score (nSPS) is 10.8. The van der Waals surface area contributed by atoms with Crippen LogP contribution in [0.5, 0.6) is 0 Å². The second-order valence-corrected chi connectivity index (χ2v) is 6.07. The van der Waals surface area contributed by atoms with Gasteiger partial charge in [0.05, 0.1) is 0 Å². The van der Waals surface area contributed by atoms with E-state index in [0.717, 1.165) is 29.2 Å². The molecule has 5 heteroatoms. The molecule has 1 aromatic carbocycles. The molecule has 0 aliphatic rings. The highest BCUT2D eigenvalue weighted by Gasteiger charge is 2.05. The van der Waals surface area contributed by atoms with Crippen molar-refractivity contribution in [1.29, 1.82) is 0 Å². The van der Waals surface area contributed by atoms with Gasteiger partial charge in [-0.15, -0.1) is 11.3 Å². The van der Waals surface area contributed by atoms with E-state index in [0.29, 0.717) is 12.5 Å². The van der Waals surface area contributed by atoms with Crippen LogP contribution in [0.25, 0.3) is 10.6 Å². The molecule has 4 nitrogen and oxygen atoms in total. The minimum absolute atomic E-state index is 0.0526. The molecule has 0 aliphatic heterocycles. The number of thiazole rings is 1. The van der Waals surface area contributed by atoms with Gasteiger partial charge in [-0.05, 0) is 25.1 Å². The highest BCUT2D eigenvalue weighted by atomic mass is 32.1. The molecule has 21 heavy (non-hydrogen) atoms. The molecule has 0 atom stereocenters. The molecule has 2 N–H and O–H groups in total. The fraction of sp³-hybridized carbons (Fsp3) is 0.375. The maximum atomic E-state index is 11.9. The van der Waals surface area contributed by atoms with Crippen molar-refractivity contribution in [3.8, 4) is 10.6 Å². The quantitative estimate of drug-likeness (QED) is 0.769. The standard InChI is InChI=1S/C16H21N3OS/c1-12(2)17-8-4-7-15(20)19-14-6-3-5-13(11-14)16-18-9-10-21-16/h3,5-6,9-12,17H,4,7-8H2,1-2H3,(H,19,20). The Morgan fingerprint density at radius 3 is 2.95 bits per heavy atom. The van der Waals surface area contributed by atoms with Crippen LogP contribution in [0, 0.1) is 0 Å². The first-order valence-corrected chi connectivity index (χ1v) is 8.06. The summed E-state index contributed by atoms with van der Waals surface area (Å²) in [6.45, 7) is 5.07. The summed E-state index contributed by atoms with van der Waals surface area (Å²) in [4.78, 5) is 16.2. The second-order valence-electron chi connectivity index (χ2n) is 5.18. The maximum absolute atomic E-state index is 11.9. The van der Waals surface area contributed by atoms with Gasteiger partial charge in [0.1, 0.15) is 5.01 Å². The zero-order chi connectivity index (χ0) is 15.1. The summed E-state index contributed by atoms with van der Waals surface area (Å²) >= 11 is 1.59. The van der Waals surface area contributed by atoms with E-state index in [9.17, 15) is 4.79 Å². The summed E-state index contributed by atoms with van der Waals surface area (Å²) in [7, 11) is 0. The average Bonchev–Trinajstić information content (AvgIpc) is 2.98. The summed E-state index contributed by atoms with van der Waals surface area (Å²) in [5.74, 6) is 0.0526. The lowest BCUT2D eigenvalue weighted by Gasteiger charge is -2.09. The zero-order valence-electron chi connectivity index (χ0n) is 12.4. The van der Waals surface area contributed by atoms with E-state index >= 15 is 0 Å². The molecule has 0 fully saturated rings. The Labute approximate surface area is 129 Å². The number of anilines is 1. The first-order valence-electron chi connectivity index (χ1n) is 7.18. The number of carbonyl (C=O) groups excluding carboxylic acids is 1. The highest BCUT2D eigenvalue weighted by molar-refractivity contribution is 7.13. The summed E-state index contributed by atoms with van der Waals surface area (Å²) in [6.07, 6.45) is 3.16. The van der Waals surface area contributed by atoms with Crippen molar-refractivity contribution in [2.75, 3.05) is 11.9 Å². The lowest BCUT2D eigenvalue weighted by Crippen LogP contribution is -2.24. The molecule has 1 aromatic heterocycles. The number of hydrogen-bond acceptors (Lipinski definition) is 4. The van der Waals surface area contributed by atoms with E-state index in [1.807, 2.05) is 29.6 Å². The van der Waals surface area contributed by atoms with Crippen molar-refractivity contribution < 1.29 is 4.79 Å². The summed E-state index contributed by atoms with van der Waals surface area (Å²) in [6, 6.07) is 8.26. The third-order valence-corrected chi connectivity index (χ3v) is 3.78. The number of nitrogens with one attached hydrogen (secondary N) is 2. The first-order chi connectivity index (χ1) is 10.1. The van der Waals surface area contributed by atoms with Crippen molar-refractivity contribution >= 4 is 22.9 Å². The van der Waals surface area contributed by atoms with Crippen molar-refractivity contribution in [3.05, 3.63) is 35.8 Å². The van der Waals surface area contributed by atoms with Gasteiger partial charge in [-0.1, -0.05) is 26.0 Å². The molecule has 0 saturated heterocycles. The monoisotopic (exact) mass is 303 g/mol. The number of amides is 1. The number of aromatic nitrogens is 1. The van der Waals surface area contributed by atoms with Gasteiger partial charge in [0.15, 0.2) is 0 Å². The fourth-order valence-corrected chi connectivity index (χ4v) is 2.59. The maximum Gasteiger partial charge on any atom is 0.224 e. The summed E-state index contributed by atoms with van der Waals surface area (Å²) < 4.78 is 0. The molecule has 0 aliphatic carbocycles. The molecular weight excluding hydrogens is 282 g/mol. The van der Waals surface area contributed by atoms with Crippen molar-refractivity contribution in [3.63, 3.8) is 0 Å². The Kier molecular flexibility index (Phi) is 5.90. The molecule has 0 radical (unpaired) electrons. The third kappa shape index (κ3) is 5.28. The van der Waals surface area contributed by atoms with E-state index < -0.39 is 0 Å². The Balaban J connectivity index is 1.85. The Hall–Kier alpha value is -1.72. The topological polar surface area (TPSA) is 54.0 Å². The van der Waals surface area contributed by atoms with Crippen molar-refractivity contribution in [2.45, 2.75) is 32.7 Å². The van der Waals surface area contributed by atoms with Crippen molar-refractivity contribution in [1.82, 2.24) is 10.3 Å². The smallest absolute Gasteiger partial charge is 0.224 e. The predicted molar refractivity (Wildman–Crippen MR) is 88.6 cm³/mol. The van der Waals surface area contributed by atoms with Crippen LogP contribution >= 0.6 is 11.3 Å². The van der Waals surface area contributed by atoms with Gasteiger partial charge in [0, 0.05) is 35.3 Å². The van der Waals surface area contributed by atoms with E-state index in [2.05, 4.69) is 29.5 Å². The van der Waals surface area contributed by atoms with Gasteiger partial charge in [-0.25, -0.2) is 4.98 Å². The number of benzene rings is 1. The third-order valence-electron chi connectivity index (χ3n) is 2.96. The molecule has 1 heterocycles. The van der Waals surface area contributed by atoms with E-state index in [4.69, 9.17) is 0 Å². The molecule has 1 amide bonds. The molecule has 112 valence electrons. The van der Waals surface area contributed by atoms with Crippen LogP contribution in [0.1, 0.15) is 26.7 Å². The number of nitrogens with zero attached hydrogens (tertiary/aromatic N) is 1. The molecule has 0 spiro atoms. The number of rotatable bonds is 7. The second kappa shape index (κ2) is 7.90. The van der Waals surface area contributed by atoms with Gasteiger partial charge in [0.2, 0.25) is 5.91 Å². The van der Waals surface area contributed by atoms with Gasteiger partial charge in [-0.3, -0.25) is 4.79 Å². The predicted octanol–water partition coefficient (Wildman–Crippen LogP) is 3.53. The molecule has 0 saturated carbocycles. The Morgan fingerprint density at radius 1 is 1.38 bits per heavy atom. The minimum atomic E-state index is 0.0526. The first kappa shape index (κ1) is 15.7. The average molecular weight is 303 g/mol. The summed E-state index contributed by atoms with van der Waals surface area (Å²) in [5.41, 5.74) is 1.86. The molecule has 2 rings (SSSR count). The minimum Gasteiger partial charge on any atom is -0.326 e. The Bertz CT molecular complexity index is 567. The van der Waals surface area contributed by atoms with E-state index in [-0.39, 0.29) is 5.91 Å². The lowest BCUT2D eigenvalue weighted by molar-refractivity contribution is -0.116. The summed E-state index contributed by atoms with van der Waals surface area (Å²) in [5, 5.41) is 9.16. The van der Waals surface area contributed by atoms with E-state index in [1.54, 1.807) is 17.5 Å². The molecule has 0 unspecified atom stereocenters. The van der Waals surface area contributed by atoms with Crippen LogP contribution in [-0.2, 0) is 4.79 Å². The molecule has 2 aromatic rings. The SMILES string of the molecule is CC(C)NCCCC(=O)Nc1cccc(-c2nccs2)c1. The van der Waals surface area contributed by atoms with Crippen molar-refractivity contribution in [2.24, 2.45) is 0 Å². The van der Waals surface area contributed by atoms with Crippen LogP contribution < -0.4 is 10.6 Å². The molecule has 0 bridgehead atoms. The number of carbonyl (C=O) groups is 1.